The SMILES string of the molecule is Cc1cccc(Nc2nncc(Nc3ccc(Br)cc3C)n2)c1. The molecule has 0 amide bonds. The minimum atomic E-state index is 0.454. The van der Waals surface area contributed by atoms with Gasteiger partial charge in [-0.05, 0) is 55.3 Å². The van der Waals surface area contributed by atoms with E-state index in [0.29, 0.717) is 11.8 Å². The van der Waals surface area contributed by atoms with Gasteiger partial charge in [0, 0.05) is 15.8 Å². The third-order valence-electron chi connectivity index (χ3n) is 3.28. The zero-order valence-corrected chi connectivity index (χ0v) is 14.4. The highest BCUT2D eigenvalue weighted by Gasteiger charge is 2.04. The molecule has 0 aliphatic heterocycles. The van der Waals surface area contributed by atoms with Crippen molar-refractivity contribution in [2.75, 3.05) is 10.6 Å². The number of aryl methyl sites for hydroxylation is 2. The highest BCUT2D eigenvalue weighted by atomic mass is 79.9. The molecule has 0 radical (unpaired) electrons. The molecule has 1 heterocycles. The van der Waals surface area contributed by atoms with E-state index < -0.39 is 0 Å². The van der Waals surface area contributed by atoms with Gasteiger partial charge < -0.3 is 10.6 Å². The van der Waals surface area contributed by atoms with Crippen molar-refractivity contribution in [3.8, 4) is 0 Å². The molecule has 0 aliphatic carbocycles. The lowest BCUT2D eigenvalue weighted by Crippen LogP contribution is -2.03. The Morgan fingerprint density at radius 2 is 1.87 bits per heavy atom. The zero-order chi connectivity index (χ0) is 16.2. The van der Waals surface area contributed by atoms with Crippen LogP contribution in [0, 0.1) is 13.8 Å². The standard InChI is InChI=1S/C17H16BrN5/c1-11-4-3-5-14(8-11)20-17-22-16(10-19-23-17)21-15-7-6-13(18)9-12(15)2/h3-10H,1-2H3,(H2,20,21,22,23). The van der Waals surface area contributed by atoms with Gasteiger partial charge in [-0.25, -0.2) is 0 Å². The van der Waals surface area contributed by atoms with E-state index in [1.165, 1.54) is 5.56 Å². The zero-order valence-electron chi connectivity index (χ0n) is 12.8. The van der Waals surface area contributed by atoms with Crippen LogP contribution in [0.1, 0.15) is 11.1 Å². The second-order valence-corrected chi connectivity index (χ2v) is 6.16. The molecule has 0 atom stereocenters. The van der Waals surface area contributed by atoms with Gasteiger partial charge in [0.05, 0.1) is 6.20 Å². The average Bonchev–Trinajstić information content (AvgIpc) is 2.51. The van der Waals surface area contributed by atoms with Crippen LogP contribution in [-0.4, -0.2) is 15.2 Å². The summed E-state index contributed by atoms with van der Waals surface area (Å²) in [6, 6.07) is 14.0. The fraction of sp³-hybridized carbons (Fsp3) is 0.118. The first-order valence-corrected chi connectivity index (χ1v) is 7.96. The fourth-order valence-electron chi connectivity index (χ4n) is 2.17. The van der Waals surface area contributed by atoms with Crippen molar-refractivity contribution in [2.24, 2.45) is 0 Å². The number of aromatic nitrogens is 3. The Bertz CT molecular complexity index is 835. The van der Waals surface area contributed by atoms with Crippen LogP contribution in [0.5, 0.6) is 0 Å². The summed E-state index contributed by atoms with van der Waals surface area (Å²) < 4.78 is 1.04. The number of benzene rings is 2. The molecule has 0 saturated carbocycles. The molecule has 0 aliphatic rings. The van der Waals surface area contributed by atoms with E-state index in [1.807, 2.05) is 56.3 Å². The Labute approximate surface area is 143 Å². The summed E-state index contributed by atoms with van der Waals surface area (Å²) in [5.74, 6) is 1.09. The molecule has 0 spiro atoms. The van der Waals surface area contributed by atoms with Crippen molar-refractivity contribution >= 4 is 39.1 Å². The molecule has 3 rings (SSSR count). The van der Waals surface area contributed by atoms with Gasteiger partial charge in [-0.15, -0.1) is 5.10 Å². The van der Waals surface area contributed by atoms with Gasteiger partial charge in [0.15, 0.2) is 5.82 Å². The van der Waals surface area contributed by atoms with Crippen molar-refractivity contribution in [1.29, 1.82) is 0 Å². The lowest BCUT2D eigenvalue weighted by atomic mass is 10.2. The Hall–Kier alpha value is -2.47. The van der Waals surface area contributed by atoms with Crippen LogP contribution in [0.3, 0.4) is 0 Å². The van der Waals surface area contributed by atoms with Crippen molar-refractivity contribution in [2.45, 2.75) is 13.8 Å². The molecule has 3 aromatic rings. The number of hydrogen-bond donors (Lipinski definition) is 2. The highest BCUT2D eigenvalue weighted by Crippen LogP contribution is 2.23. The van der Waals surface area contributed by atoms with Crippen molar-refractivity contribution < 1.29 is 0 Å². The number of halogens is 1. The van der Waals surface area contributed by atoms with Crippen molar-refractivity contribution in [3.63, 3.8) is 0 Å². The summed E-state index contributed by atoms with van der Waals surface area (Å²) in [6.07, 6.45) is 1.60. The highest BCUT2D eigenvalue weighted by molar-refractivity contribution is 9.10. The molecule has 0 bridgehead atoms. The van der Waals surface area contributed by atoms with Gasteiger partial charge in [-0.3, -0.25) is 0 Å². The summed E-state index contributed by atoms with van der Waals surface area (Å²) in [5, 5.41) is 14.4. The third-order valence-corrected chi connectivity index (χ3v) is 3.78. The number of rotatable bonds is 4. The fourth-order valence-corrected chi connectivity index (χ4v) is 2.65. The molecular formula is C17H16BrN5. The van der Waals surface area contributed by atoms with Gasteiger partial charge in [-0.2, -0.15) is 10.1 Å². The smallest absolute Gasteiger partial charge is 0.249 e. The Balaban J connectivity index is 1.79. The number of anilines is 4. The normalized spacial score (nSPS) is 10.4. The minimum absolute atomic E-state index is 0.454. The monoisotopic (exact) mass is 369 g/mol. The first-order valence-electron chi connectivity index (χ1n) is 7.17. The molecule has 1 aromatic heterocycles. The molecule has 0 unspecified atom stereocenters. The lowest BCUT2D eigenvalue weighted by molar-refractivity contribution is 0.982. The molecule has 0 saturated heterocycles. The molecule has 0 fully saturated rings. The molecule has 116 valence electrons. The third kappa shape index (κ3) is 4.04. The average molecular weight is 370 g/mol. The van der Waals surface area contributed by atoms with E-state index in [1.54, 1.807) is 6.20 Å². The van der Waals surface area contributed by atoms with Crippen LogP contribution in [0.15, 0.2) is 53.1 Å². The van der Waals surface area contributed by atoms with E-state index in [4.69, 9.17) is 0 Å². The summed E-state index contributed by atoms with van der Waals surface area (Å²) in [5.41, 5.74) is 4.20. The summed E-state index contributed by atoms with van der Waals surface area (Å²) in [6.45, 7) is 4.08. The second kappa shape index (κ2) is 6.75. The predicted molar refractivity (Wildman–Crippen MR) is 96.5 cm³/mol. The summed E-state index contributed by atoms with van der Waals surface area (Å²) in [4.78, 5) is 4.45. The van der Waals surface area contributed by atoms with Crippen LogP contribution in [0.4, 0.5) is 23.1 Å². The first-order chi connectivity index (χ1) is 11.1. The quantitative estimate of drug-likeness (QED) is 0.695. The summed E-state index contributed by atoms with van der Waals surface area (Å²) in [7, 11) is 0. The van der Waals surface area contributed by atoms with Crippen LogP contribution >= 0.6 is 15.9 Å². The van der Waals surface area contributed by atoms with Crippen LogP contribution < -0.4 is 10.6 Å². The Morgan fingerprint density at radius 3 is 2.65 bits per heavy atom. The molecule has 2 aromatic carbocycles. The maximum Gasteiger partial charge on any atom is 0.249 e. The molecule has 2 N–H and O–H groups in total. The number of nitrogens with zero attached hydrogens (tertiary/aromatic N) is 3. The van der Waals surface area contributed by atoms with E-state index in [0.717, 1.165) is 21.4 Å². The lowest BCUT2D eigenvalue weighted by Gasteiger charge is -2.10. The van der Waals surface area contributed by atoms with E-state index in [2.05, 4.69) is 41.7 Å². The number of hydrogen-bond acceptors (Lipinski definition) is 5. The van der Waals surface area contributed by atoms with E-state index in [-0.39, 0.29) is 0 Å². The van der Waals surface area contributed by atoms with E-state index in [9.17, 15) is 0 Å². The van der Waals surface area contributed by atoms with Crippen LogP contribution in [0.2, 0.25) is 0 Å². The molecule has 5 nitrogen and oxygen atoms in total. The van der Waals surface area contributed by atoms with E-state index >= 15 is 0 Å². The van der Waals surface area contributed by atoms with Crippen molar-refractivity contribution in [3.05, 3.63) is 64.3 Å². The van der Waals surface area contributed by atoms with Gasteiger partial charge in [0.25, 0.3) is 0 Å². The van der Waals surface area contributed by atoms with Gasteiger partial charge in [0.1, 0.15) is 0 Å². The van der Waals surface area contributed by atoms with Crippen LogP contribution in [-0.2, 0) is 0 Å². The second-order valence-electron chi connectivity index (χ2n) is 5.24. The summed E-state index contributed by atoms with van der Waals surface area (Å²) >= 11 is 3.46. The van der Waals surface area contributed by atoms with Crippen LogP contribution in [0.25, 0.3) is 0 Å². The minimum Gasteiger partial charge on any atom is -0.339 e. The molecule has 6 heteroatoms. The topological polar surface area (TPSA) is 62.7 Å². The Kier molecular flexibility index (Phi) is 4.52. The van der Waals surface area contributed by atoms with Gasteiger partial charge >= 0.3 is 0 Å². The maximum absolute atomic E-state index is 4.45. The first kappa shape index (κ1) is 15.4. The maximum atomic E-state index is 4.45. The largest absolute Gasteiger partial charge is 0.339 e. The van der Waals surface area contributed by atoms with Gasteiger partial charge in [0.2, 0.25) is 5.95 Å². The predicted octanol–water partition coefficient (Wildman–Crippen LogP) is 4.74. The molecule has 23 heavy (non-hydrogen) atoms. The molecular weight excluding hydrogens is 354 g/mol. The Morgan fingerprint density at radius 1 is 1.00 bits per heavy atom. The van der Waals surface area contributed by atoms with Gasteiger partial charge in [-0.1, -0.05) is 28.1 Å². The van der Waals surface area contributed by atoms with Crippen molar-refractivity contribution in [1.82, 2.24) is 15.2 Å². The number of nitrogens with one attached hydrogen (secondary N) is 2.